The van der Waals surface area contributed by atoms with Crippen molar-refractivity contribution in [2.75, 3.05) is 0 Å². The molecule has 0 aliphatic heterocycles. The zero-order chi connectivity index (χ0) is 14.2. The van der Waals surface area contributed by atoms with Crippen molar-refractivity contribution in [3.63, 3.8) is 0 Å². The summed E-state index contributed by atoms with van der Waals surface area (Å²) < 4.78 is 3.77. The fourth-order valence-corrected chi connectivity index (χ4v) is 2.41. The number of aryl methyl sites for hydroxylation is 1. The molecule has 21 heavy (non-hydrogen) atoms. The van der Waals surface area contributed by atoms with E-state index in [1.165, 1.54) is 18.4 Å². The van der Waals surface area contributed by atoms with Crippen molar-refractivity contribution in [2.24, 2.45) is 0 Å². The van der Waals surface area contributed by atoms with Crippen molar-refractivity contribution in [1.82, 2.24) is 24.8 Å². The molecule has 1 saturated carbocycles. The van der Waals surface area contributed by atoms with Gasteiger partial charge in [-0.05, 0) is 38.0 Å². The predicted molar refractivity (Wildman–Crippen MR) is 79.4 cm³/mol. The van der Waals surface area contributed by atoms with Crippen LogP contribution in [0.2, 0.25) is 0 Å². The number of hydrogen-bond donors (Lipinski definition) is 0. The highest BCUT2D eigenvalue weighted by Gasteiger charge is 2.26. The predicted octanol–water partition coefficient (Wildman–Crippen LogP) is 2.70. The zero-order valence-electron chi connectivity index (χ0n) is 12.0. The Kier molecular flexibility index (Phi) is 2.84. The van der Waals surface area contributed by atoms with Gasteiger partial charge in [0.2, 0.25) is 0 Å². The van der Waals surface area contributed by atoms with Gasteiger partial charge in [-0.25, -0.2) is 9.36 Å². The monoisotopic (exact) mass is 279 g/mol. The third kappa shape index (κ3) is 2.59. The standard InChI is InChI=1S/C16H17N5/c1-12-2-6-15(7-3-12)21-9-8-14(18-21)10-20-11-16(17-19-20)13-4-5-13/h2-3,6-9,11,13H,4-5,10H2,1H3. The summed E-state index contributed by atoms with van der Waals surface area (Å²) in [7, 11) is 0. The van der Waals surface area contributed by atoms with E-state index in [-0.39, 0.29) is 0 Å². The molecular weight excluding hydrogens is 262 g/mol. The van der Waals surface area contributed by atoms with Crippen molar-refractivity contribution in [3.05, 3.63) is 59.7 Å². The second kappa shape index (κ2) is 4.84. The van der Waals surface area contributed by atoms with Gasteiger partial charge in [0.1, 0.15) is 0 Å². The van der Waals surface area contributed by atoms with Gasteiger partial charge in [-0.15, -0.1) is 5.10 Å². The maximum atomic E-state index is 4.60. The molecule has 1 aliphatic carbocycles. The SMILES string of the molecule is Cc1ccc(-n2ccc(Cn3cc(C4CC4)nn3)n2)cc1. The van der Waals surface area contributed by atoms with Gasteiger partial charge in [0, 0.05) is 18.3 Å². The highest BCUT2D eigenvalue weighted by atomic mass is 15.4. The van der Waals surface area contributed by atoms with Crippen LogP contribution in [0.15, 0.2) is 42.7 Å². The molecule has 0 N–H and O–H groups in total. The largest absolute Gasteiger partial charge is 0.246 e. The average molecular weight is 279 g/mol. The highest BCUT2D eigenvalue weighted by Crippen LogP contribution is 2.38. The van der Waals surface area contributed by atoms with Crippen LogP contribution in [0.25, 0.3) is 5.69 Å². The third-order valence-corrected chi connectivity index (χ3v) is 3.82. The van der Waals surface area contributed by atoms with Crippen LogP contribution in [0.4, 0.5) is 0 Å². The van der Waals surface area contributed by atoms with E-state index < -0.39 is 0 Å². The van der Waals surface area contributed by atoms with Gasteiger partial charge in [0.05, 0.1) is 23.6 Å². The molecule has 4 rings (SSSR count). The van der Waals surface area contributed by atoms with Gasteiger partial charge in [-0.2, -0.15) is 5.10 Å². The summed E-state index contributed by atoms with van der Waals surface area (Å²) in [6, 6.07) is 10.4. The first-order valence-corrected chi connectivity index (χ1v) is 7.29. The van der Waals surface area contributed by atoms with E-state index in [0.717, 1.165) is 17.1 Å². The quantitative estimate of drug-likeness (QED) is 0.737. The highest BCUT2D eigenvalue weighted by molar-refractivity contribution is 5.33. The molecule has 2 aromatic heterocycles. The van der Waals surface area contributed by atoms with Crippen LogP contribution in [0.1, 0.15) is 35.7 Å². The summed E-state index contributed by atoms with van der Waals surface area (Å²) in [5, 5.41) is 13.0. The van der Waals surface area contributed by atoms with E-state index in [0.29, 0.717) is 12.5 Å². The van der Waals surface area contributed by atoms with Crippen LogP contribution < -0.4 is 0 Å². The van der Waals surface area contributed by atoms with E-state index >= 15 is 0 Å². The Balaban J connectivity index is 1.52. The van der Waals surface area contributed by atoms with Gasteiger partial charge in [-0.1, -0.05) is 22.9 Å². The zero-order valence-corrected chi connectivity index (χ0v) is 12.0. The van der Waals surface area contributed by atoms with Crippen LogP contribution in [-0.2, 0) is 6.54 Å². The van der Waals surface area contributed by atoms with Crippen LogP contribution in [0, 0.1) is 6.92 Å². The lowest BCUT2D eigenvalue weighted by Gasteiger charge is -2.01. The average Bonchev–Trinajstić information content (AvgIpc) is 3.06. The molecule has 5 nitrogen and oxygen atoms in total. The van der Waals surface area contributed by atoms with Crippen LogP contribution in [-0.4, -0.2) is 24.8 Å². The number of rotatable bonds is 4. The van der Waals surface area contributed by atoms with Crippen molar-refractivity contribution in [3.8, 4) is 5.69 Å². The minimum absolute atomic E-state index is 0.642. The molecule has 0 bridgehead atoms. The summed E-state index contributed by atoms with van der Waals surface area (Å²) in [5.41, 5.74) is 4.43. The molecule has 1 fully saturated rings. The van der Waals surface area contributed by atoms with E-state index in [4.69, 9.17) is 0 Å². The second-order valence-electron chi connectivity index (χ2n) is 5.70. The Labute approximate surface area is 123 Å². The summed E-state index contributed by atoms with van der Waals surface area (Å²) in [5.74, 6) is 0.642. The maximum Gasteiger partial charge on any atom is 0.0867 e. The van der Waals surface area contributed by atoms with Crippen LogP contribution in [0.3, 0.4) is 0 Å². The Morgan fingerprint density at radius 1 is 1.14 bits per heavy atom. The number of aromatic nitrogens is 5. The normalized spacial score (nSPS) is 14.5. The molecule has 0 atom stereocenters. The lowest BCUT2D eigenvalue weighted by Crippen LogP contribution is -2.02. The van der Waals surface area contributed by atoms with Gasteiger partial charge >= 0.3 is 0 Å². The fraction of sp³-hybridized carbons (Fsp3) is 0.312. The van der Waals surface area contributed by atoms with E-state index in [1.54, 1.807) is 0 Å². The molecule has 0 amide bonds. The summed E-state index contributed by atoms with van der Waals surface area (Å²) in [6.07, 6.45) is 6.53. The number of nitrogens with zero attached hydrogens (tertiary/aromatic N) is 5. The maximum absolute atomic E-state index is 4.60. The molecule has 0 saturated heterocycles. The first kappa shape index (κ1) is 12.3. The van der Waals surface area contributed by atoms with Gasteiger partial charge < -0.3 is 0 Å². The smallest absolute Gasteiger partial charge is 0.0867 e. The Hall–Kier alpha value is -2.43. The Bertz CT molecular complexity index is 749. The fourth-order valence-electron chi connectivity index (χ4n) is 2.41. The van der Waals surface area contributed by atoms with E-state index in [1.807, 2.05) is 27.8 Å². The van der Waals surface area contributed by atoms with Gasteiger partial charge in [-0.3, -0.25) is 0 Å². The molecule has 1 aliphatic rings. The molecule has 5 heteroatoms. The third-order valence-electron chi connectivity index (χ3n) is 3.82. The molecule has 0 spiro atoms. The molecule has 2 heterocycles. The summed E-state index contributed by atoms with van der Waals surface area (Å²) >= 11 is 0. The molecule has 106 valence electrons. The van der Waals surface area contributed by atoms with Crippen molar-refractivity contribution < 1.29 is 0 Å². The van der Waals surface area contributed by atoms with Crippen LogP contribution in [0.5, 0.6) is 0 Å². The summed E-state index contributed by atoms with van der Waals surface area (Å²) in [6.45, 7) is 2.75. The van der Waals surface area contributed by atoms with Crippen molar-refractivity contribution >= 4 is 0 Å². The Morgan fingerprint density at radius 3 is 2.71 bits per heavy atom. The lowest BCUT2D eigenvalue weighted by atomic mass is 10.2. The molecule has 0 unspecified atom stereocenters. The van der Waals surface area contributed by atoms with Gasteiger partial charge in [0.25, 0.3) is 0 Å². The minimum atomic E-state index is 0.642. The number of hydrogen-bond acceptors (Lipinski definition) is 3. The first-order chi connectivity index (χ1) is 10.3. The number of benzene rings is 1. The topological polar surface area (TPSA) is 48.5 Å². The minimum Gasteiger partial charge on any atom is -0.246 e. The van der Waals surface area contributed by atoms with E-state index in [2.05, 4.69) is 46.6 Å². The van der Waals surface area contributed by atoms with Crippen molar-refractivity contribution in [2.45, 2.75) is 32.2 Å². The molecule has 0 radical (unpaired) electrons. The summed E-state index contributed by atoms with van der Waals surface area (Å²) in [4.78, 5) is 0. The molecule has 3 aromatic rings. The molecule has 1 aromatic carbocycles. The lowest BCUT2D eigenvalue weighted by molar-refractivity contribution is 0.631. The van der Waals surface area contributed by atoms with Crippen molar-refractivity contribution in [1.29, 1.82) is 0 Å². The first-order valence-electron chi connectivity index (χ1n) is 7.29. The second-order valence-corrected chi connectivity index (χ2v) is 5.70. The molecular formula is C16H17N5. The van der Waals surface area contributed by atoms with Gasteiger partial charge in [0.15, 0.2) is 0 Å². The van der Waals surface area contributed by atoms with E-state index in [9.17, 15) is 0 Å². The Morgan fingerprint density at radius 2 is 1.95 bits per heavy atom. The van der Waals surface area contributed by atoms with Crippen LogP contribution >= 0.6 is 0 Å².